The zero-order chi connectivity index (χ0) is 20.9. The van der Waals surface area contributed by atoms with Crippen LogP contribution in [-0.2, 0) is 32.4 Å². The third-order valence-electron chi connectivity index (χ3n) is 4.90. The van der Waals surface area contributed by atoms with Gasteiger partial charge in [-0.15, -0.1) is 0 Å². The minimum absolute atomic E-state index is 0.0127. The SMILES string of the molecule is O=C(Cn1nc2c(c1NC(=O)COc1ccc(F)cc1)CSC2)NCC1CCCO1. The van der Waals surface area contributed by atoms with Gasteiger partial charge in [0.2, 0.25) is 5.91 Å². The van der Waals surface area contributed by atoms with Gasteiger partial charge < -0.3 is 20.1 Å². The van der Waals surface area contributed by atoms with E-state index in [0.29, 0.717) is 18.1 Å². The highest BCUT2D eigenvalue weighted by atomic mass is 32.2. The van der Waals surface area contributed by atoms with Crippen LogP contribution in [0.3, 0.4) is 0 Å². The topological polar surface area (TPSA) is 94.5 Å². The lowest BCUT2D eigenvalue weighted by atomic mass is 10.2. The van der Waals surface area contributed by atoms with E-state index in [9.17, 15) is 14.0 Å². The second-order valence-electron chi connectivity index (χ2n) is 7.15. The second-order valence-corrected chi connectivity index (χ2v) is 8.14. The fourth-order valence-electron chi connectivity index (χ4n) is 3.39. The Morgan fingerprint density at radius 1 is 1.27 bits per heavy atom. The van der Waals surface area contributed by atoms with E-state index < -0.39 is 0 Å². The predicted molar refractivity (Wildman–Crippen MR) is 110 cm³/mol. The smallest absolute Gasteiger partial charge is 0.263 e. The Kier molecular flexibility index (Phi) is 6.53. The molecule has 2 aliphatic heterocycles. The number of hydrogen-bond acceptors (Lipinski definition) is 6. The maximum absolute atomic E-state index is 13.0. The van der Waals surface area contributed by atoms with Gasteiger partial charge in [0, 0.05) is 30.2 Å². The van der Waals surface area contributed by atoms with Crippen molar-refractivity contribution in [1.82, 2.24) is 15.1 Å². The van der Waals surface area contributed by atoms with Gasteiger partial charge in [-0.05, 0) is 37.1 Å². The molecule has 8 nitrogen and oxygen atoms in total. The molecule has 1 aromatic carbocycles. The van der Waals surface area contributed by atoms with Crippen LogP contribution in [0.2, 0.25) is 0 Å². The Labute approximate surface area is 177 Å². The molecule has 1 atom stereocenters. The third-order valence-corrected chi connectivity index (χ3v) is 5.87. The molecule has 4 rings (SSSR count). The maximum atomic E-state index is 13.0. The van der Waals surface area contributed by atoms with Crippen LogP contribution in [0, 0.1) is 5.82 Å². The number of fused-ring (bicyclic) bond motifs is 1. The van der Waals surface area contributed by atoms with Crippen LogP contribution in [0.4, 0.5) is 10.2 Å². The summed E-state index contributed by atoms with van der Waals surface area (Å²) in [5.74, 6) is 1.46. The number of ether oxygens (including phenoxy) is 2. The van der Waals surface area contributed by atoms with E-state index in [0.717, 1.165) is 42.2 Å². The molecule has 1 aromatic heterocycles. The molecule has 1 saturated heterocycles. The highest BCUT2D eigenvalue weighted by Gasteiger charge is 2.25. The van der Waals surface area contributed by atoms with Gasteiger partial charge in [0.05, 0.1) is 11.8 Å². The summed E-state index contributed by atoms with van der Waals surface area (Å²) in [6, 6.07) is 5.45. The first kappa shape index (κ1) is 20.7. The average Bonchev–Trinajstić information content (AvgIpc) is 3.46. The summed E-state index contributed by atoms with van der Waals surface area (Å²) in [4.78, 5) is 24.8. The first-order chi connectivity index (χ1) is 14.6. The lowest BCUT2D eigenvalue weighted by Gasteiger charge is -2.13. The molecular weight excluding hydrogens is 411 g/mol. The van der Waals surface area contributed by atoms with E-state index in [1.807, 2.05) is 0 Å². The zero-order valence-electron chi connectivity index (χ0n) is 16.4. The van der Waals surface area contributed by atoms with Gasteiger partial charge in [-0.3, -0.25) is 9.59 Å². The van der Waals surface area contributed by atoms with Crippen LogP contribution < -0.4 is 15.4 Å². The molecule has 0 spiro atoms. The fraction of sp³-hybridized carbons (Fsp3) is 0.450. The van der Waals surface area contributed by atoms with E-state index in [1.54, 1.807) is 11.8 Å². The number of carbonyl (C=O) groups is 2. The van der Waals surface area contributed by atoms with Gasteiger partial charge in [0.1, 0.15) is 23.9 Å². The molecule has 0 aliphatic carbocycles. The number of thioether (sulfide) groups is 1. The lowest BCUT2D eigenvalue weighted by Crippen LogP contribution is -2.35. The van der Waals surface area contributed by atoms with Crippen molar-refractivity contribution in [2.75, 3.05) is 25.1 Å². The lowest BCUT2D eigenvalue weighted by molar-refractivity contribution is -0.122. The highest BCUT2D eigenvalue weighted by molar-refractivity contribution is 7.98. The number of nitrogens with one attached hydrogen (secondary N) is 2. The quantitative estimate of drug-likeness (QED) is 0.661. The van der Waals surface area contributed by atoms with Crippen molar-refractivity contribution in [3.05, 3.63) is 41.3 Å². The van der Waals surface area contributed by atoms with Crippen LogP contribution in [0.25, 0.3) is 0 Å². The standard InChI is InChI=1S/C20H23FN4O4S/c21-13-3-5-14(6-4-13)29-10-19(27)23-20-16-11-30-12-17(16)24-25(20)9-18(26)22-8-15-2-1-7-28-15/h3-6,15H,1-2,7-12H2,(H,22,26)(H,23,27). The summed E-state index contributed by atoms with van der Waals surface area (Å²) in [7, 11) is 0. The van der Waals surface area contributed by atoms with Crippen LogP contribution in [0.1, 0.15) is 24.1 Å². The molecule has 1 fully saturated rings. The van der Waals surface area contributed by atoms with E-state index in [2.05, 4.69) is 15.7 Å². The first-order valence-electron chi connectivity index (χ1n) is 9.81. The van der Waals surface area contributed by atoms with Gasteiger partial charge in [0.25, 0.3) is 5.91 Å². The Morgan fingerprint density at radius 3 is 2.87 bits per heavy atom. The van der Waals surface area contributed by atoms with E-state index in [1.165, 1.54) is 28.9 Å². The Balaban J connectivity index is 1.36. The Morgan fingerprint density at radius 2 is 2.10 bits per heavy atom. The molecule has 2 amide bonds. The fourth-order valence-corrected chi connectivity index (χ4v) is 4.43. The van der Waals surface area contributed by atoms with Crippen molar-refractivity contribution in [1.29, 1.82) is 0 Å². The maximum Gasteiger partial charge on any atom is 0.263 e. The minimum atomic E-state index is -0.375. The summed E-state index contributed by atoms with van der Waals surface area (Å²) in [6.45, 7) is 0.992. The third kappa shape index (κ3) is 5.11. The summed E-state index contributed by atoms with van der Waals surface area (Å²) in [5, 5.41) is 10.2. The number of nitrogens with zero attached hydrogens (tertiary/aromatic N) is 2. The minimum Gasteiger partial charge on any atom is -0.484 e. The number of rotatable bonds is 8. The van der Waals surface area contributed by atoms with Gasteiger partial charge in [-0.2, -0.15) is 16.9 Å². The van der Waals surface area contributed by atoms with E-state index >= 15 is 0 Å². The molecule has 0 saturated carbocycles. The molecule has 0 bridgehead atoms. The number of hydrogen-bond donors (Lipinski definition) is 2. The first-order valence-corrected chi connectivity index (χ1v) is 11.0. The van der Waals surface area contributed by atoms with Gasteiger partial charge in [0.15, 0.2) is 6.61 Å². The number of anilines is 1. The van der Waals surface area contributed by atoms with Gasteiger partial charge in [-0.1, -0.05) is 0 Å². The number of halogens is 1. The van der Waals surface area contributed by atoms with Crippen LogP contribution >= 0.6 is 11.8 Å². The molecule has 160 valence electrons. The predicted octanol–water partition coefficient (Wildman–Crippen LogP) is 2.08. The van der Waals surface area contributed by atoms with Crippen LogP contribution in [-0.4, -0.2) is 47.5 Å². The Bertz CT molecular complexity index is 912. The zero-order valence-corrected chi connectivity index (χ0v) is 17.2. The number of amides is 2. The summed E-state index contributed by atoms with van der Waals surface area (Å²) >= 11 is 1.71. The molecule has 1 unspecified atom stereocenters. The van der Waals surface area contributed by atoms with Gasteiger partial charge >= 0.3 is 0 Å². The van der Waals surface area contributed by atoms with Crippen molar-refractivity contribution in [3.8, 4) is 5.75 Å². The molecule has 2 aromatic rings. The average molecular weight is 434 g/mol. The summed E-state index contributed by atoms with van der Waals surface area (Å²) in [5.41, 5.74) is 1.81. The normalized spacial score (nSPS) is 17.6. The summed E-state index contributed by atoms with van der Waals surface area (Å²) < 4.78 is 25.4. The second kappa shape index (κ2) is 9.48. The molecule has 2 aliphatic rings. The van der Waals surface area contributed by atoms with E-state index in [4.69, 9.17) is 9.47 Å². The molecule has 10 heteroatoms. The molecular formula is C20H23FN4O4S. The molecule has 3 heterocycles. The molecule has 0 radical (unpaired) electrons. The number of carbonyl (C=O) groups excluding carboxylic acids is 2. The van der Waals surface area contributed by atoms with Crippen molar-refractivity contribution < 1.29 is 23.5 Å². The van der Waals surface area contributed by atoms with Crippen molar-refractivity contribution >= 4 is 29.4 Å². The molecule has 30 heavy (non-hydrogen) atoms. The van der Waals surface area contributed by atoms with Crippen molar-refractivity contribution in [2.45, 2.75) is 37.0 Å². The van der Waals surface area contributed by atoms with Crippen molar-refractivity contribution in [3.63, 3.8) is 0 Å². The highest BCUT2D eigenvalue weighted by Crippen LogP contribution is 2.34. The number of aromatic nitrogens is 2. The van der Waals surface area contributed by atoms with Gasteiger partial charge in [-0.25, -0.2) is 9.07 Å². The van der Waals surface area contributed by atoms with Crippen molar-refractivity contribution in [2.24, 2.45) is 0 Å². The van der Waals surface area contributed by atoms with Crippen LogP contribution in [0.5, 0.6) is 5.75 Å². The Hall–Kier alpha value is -2.59. The van der Waals surface area contributed by atoms with Crippen LogP contribution in [0.15, 0.2) is 24.3 Å². The monoisotopic (exact) mass is 434 g/mol. The van der Waals surface area contributed by atoms with E-state index in [-0.39, 0.29) is 36.9 Å². The number of benzene rings is 1. The largest absolute Gasteiger partial charge is 0.484 e. The summed E-state index contributed by atoms with van der Waals surface area (Å²) in [6.07, 6.45) is 2.03. The molecule has 2 N–H and O–H groups in total.